The Kier molecular flexibility index (Phi) is 5.48. The Balaban J connectivity index is 1.60. The van der Waals surface area contributed by atoms with Crippen molar-refractivity contribution in [3.8, 4) is 0 Å². The molecule has 0 atom stereocenters. The summed E-state index contributed by atoms with van der Waals surface area (Å²) in [6.07, 6.45) is 3.60. The van der Waals surface area contributed by atoms with E-state index in [0.717, 1.165) is 31.2 Å². The van der Waals surface area contributed by atoms with E-state index in [1.165, 1.54) is 18.4 Å². The number of rotatable bonds is 7. The third-order valence-electron chi connectivity index (χ3n) is 3.58. The van der Waals surface area contributed by atoms with Crippen LogP contribution in [0.5, 0.6) is 0 Å². The average molecular weight is 268 g/mol. The molecule has 1 N–H and O–H groups in total. The summed E-state index contributed by atoms with van der Waals surface area (Å²) in [6.45, 7) is 4.80. The lowest BCUT2D eigenvalue weighted by Gasteiger charge is -2.36. The highest BCUT2D eigenvalue weighted by Crippen LogP contribution is 2.37. The quantitative estimate of drug-likeness (QED) is 0.762. The number of halogens is 1. The number of hydrogen-bond acceptors (Lipinski definition) is 2. The van der Waals surface area contributed by atoms with Crippen molar-refractivity contribution >= 4 is 11.6 Å². The van der Waals surface area contributed by atoms with Gasteiger partial charge in [0.15, 0.2) is 0 Å². The Morgan fingerprint density at radius 3 is 2.67 bits per heavy atom. The third-order valence-corrected chi connectivity index (χ3v) is 3.83. The Bertz CT molecular complexity index is 346. The Hall–Kier alpha value is -0.570. The molecule has 0 aromatic heterocycles. The summed E-state index contributed by atoms with van der Waals surface area (Å²) in [6, 6.07) is 8.96. The summed E-state index contributed by atoms with van der Waals surface area (Å²) in [4.78, 5) is 0. The highest BCUT2D eigenvalue weighted by atomic mass is 35.5. The Labute approximate surface area is 115 Å². The van der Waals surface area contributed by atoms with E-state index < -0.39 is 0 Å². The molecule has 0 heterocycles. The molecular formula is C15H22ClNO. The minimum atomic E-state index is 0.687. The first-order chi connectivity index (χ1) is 8.79. The molecule has 1 aliphatic carbocycles. The first kappa shape index (κ1) is 13.9. The third kappa shape index (κ3) is 3.98. The Morgan fingerprint density at radius 2 is 2.00 bits per heavy atom. The minimum absolute atomic E-state index is 0.687. The molecule has 0 aliphatic heterocycles. The first-order valence-corrected chi connectivity index (χ1v) is 7.24. The molecule has 2 rings (SSSR count). The first-order valence-electron chi connectivity index (χ1n) is 6.86. The lowest BCUT2D eigenvalue weighted by Crippen LogP contribution is -2.40. The summed E-state index contributed by atoms with van der Waals surface area (Å²) >= 11 is 5.89. The lowest BCUT2D eigenvalue weighted by molar-refractivity contribution is 0.142. The molecule has 100 valence electrons. The van der Waals surface area contributed by atoms with E-state index in [1.807, 2.05) is 19.1 Å². The van der Waals surface area contributed by atoms with Crippen molar-refractivity contribution in [2.75, 3.05) is 19.8 Å². The van der Waals surface area contributed by atoms with Crippen LogP contribution in [0, 0.1) is 0 Å². The van der Waals surface area contributed by atoms with Gasteiger partial charge in [0.05, 0.1) is 0 Å². The number of ether oxygens (including phenoxy) is 1. The number of hydrogen-bond donors (Lipinski definition) is 1. The maximum atomic E-state index is 5.89. The van der Waals surface area contributed by atoms with Crippen LogP contribution in [0.3, 0.4) is 0 Å². The Morgan fingerprint density at radius 1 is 1.28 bits per heavy atom. The van der Waals surface area contributed by atoms with E-state index in [4.69, 9.17) is 16.3 Å². The van der Waals surface area contributed by atoms with Gasteiger partial charge in [-0.25, -0.2) is 0 Å². The van der Waals surface area contributed by atoms with Gasteiger partial charge in [-0.1, -0.05) is 23.7 Å². The van der Waals surface area contributed by atoms with Gasteiger partial charge in [0, 0.05) is 24.3 Å². The van der Waals surface area contributed by atoms with Crippen LogP contribution >= 0.6 is 11.6 Å². The number of nitrogens with one attached hydrogen (secondary N) is 1. The normalized spacial score (nSPS) is 22.8. The molecule has 1 saturated carbocycles. The van der Waals surface area contributed by atoms with Crippen LogP contribution < -0.4 is 5.32 Å². The fourth-order valence-electron chi connectivity index (χ4n) is 2.42. The zero-order valence-electron chi connectivity index (χ0n) is 11.0. The van der Waals surface area contributed by atoms with Crippen LogP contribution in [0.2, 0.25) is 5.02 Å². The molecule has 1 aromatic carbocycles. The molecule has 18 heavy (non-hydrogen) atoms. The topological polar surface area (TPSA) is 21.3 Å². The summed E-state index contributed by atoms with van der Waals surface area (Å²) < 4.78 is 5.32. The van der Waals surface area contributed by atoms with Crippen molar-refractivity contribution < 1.29 is 4.74 Å². The van der Waals surface area contributed by atoms with Gasteiger partial charge < -0.3 is 10.1 Å². The van der Waals surface area contributed by atoms with Crippen molar-refractivity contribution in [1.82, 2.24) is 5.32 Å². The van der Waals surface area contributed by atoms with Gasteiger partial charge in [-0.05, 0) is 56.3 Å². The van der Waals surface area contributed by atoms with Gasteiger partial charge in [0.1, 0.15) is 0 Å². The van der Waals surface area contributed by atoms with E-state index >= 15 is 0 Å². The van der Waals surface area contributed by atoms with Gasteiger partial charge >= 0.3 is 0 Å². The second-order valence-corrected chi connectivity index (χ2v) is 5.36. The molecule has 1 aliphatic rings. The van der Waals surface area contributed by atoms with E-state index in [0.29, 0.717) is 12.0 Å². The van der Waals surface area contributed by atoms with Gasteiger partial charge in [-0.2, -0.15) is 0 Å². The maximum absolute atomic E-state index is 5.89. The van der Waals surface area contributed by atoms with Crippen LogP contribution in [-0.4, -0.2) is 25.8 Å². The van der Waals surface area contributed by atoms with Gasteiger partial charge in [-0.15, -0.1) is 0 Å². The molecule has 0 spiro atoms. The summed E-state index contributed by atoms with van der Waals surface area (Å²) in [5.41, 5.74) is 1.42. The molecule has 1 aromatic rings. The predicted octanol–water partition coefficient (Wildman–Crippen LogP) is 3.60. The average Bonchev–Trinajstić information content (AvgIpc) is 2.33. The SMILES string of the molecule is CCOCCCNC1CC(c2ccc(Cl)cc2)C1. The molecular weight excluding hydrogens is 246 g/mol. The van der Waals surface area contributed by atoms with Crippen LogP contribution in [0.25, 0.3) is 0 Å². The fourth-order valence-corrected chi connectivity index (χ4v) is 2.54. The molecule has 0 radical (unpaired) electrons. The van der Waals surface area contributed by atoms with Gasteiger partial charge in [0.25, 0.3) is 0 Å². The zero-order valence-corrected chi connectivity index (χ0v) is 11.7. The van der Waals surface area contributed by atoms with Crippen molar-refractivity contribution in [2.45, 2.75) is 38.1 Å². The maximum Gasteiger partial charge on any atom is 0.0477 e. The van der Waals surface area contributed by atoms with Crippen molar-refractivity contribution in [3.63, 3.8) is 0 Å². The smallest absolute Gasteiger partial charge is 0.0477 e. The molecule has 2 nitrogen and oxygen atoms in total. The highest BCUT2D eigenvalue weighted by molar-refractivity contribution is 6.30. The van der Waals surface area contributed by atoms with E-state index in [9.17, 15) is 0 Å². The van der Waals surface area contributed by atoms with Crippen LogP contribution in [0.15, 0.2) is 24.3 Å². The molecule has 0 saturated heterocycles. The summed E-state index contributed by atoms with van der Waals surface area (Å²) in [5, 5.41) is 4.41. The molecule has 0 amide bonds. The largest absolute Gasteiger partial charge is 0.382 e. The van der Waals surface area contributed by atoms with Crippen LogP contribution in [0.4, 0.5) is 0 Å². The van der Waals surface area contributed by atoms with E-state index in [1.54, 1.807) is 0 Å². The molecule has 0 unspecified atom stereocenters. The van der Waals surface area contributed by atoms with Crippen LogP contribution in [0.1, 0.15) is 37.7 Å². The second kappa shape index (κ2) is 7.13. The van der Waals surface area contributed by atoms with Gasteiger partial charge in [-0.3, -0.25) is 0 Å². The molecule has 1 fully saturated rings. The molecule has 0 bridgehead atoms. The highest BCUT2D eigenvalue weighted by Gasteiger charge is 2.29. The monoisotopic (exact) mass is 267 g/mol. The predicted molar refractivity (Wildman–Crippen MR) is 76.3 cm³/mol. The van der Waals surface area contributed by atoms with Crippen molar-refractivity contribution in [3.05, 3.63) is 34.9 Å². The summed E-state index contributed by atoms with van der Waals surface area (Å²) in [7, 11) is 0. The number of benzene rings is 1. The van der Waals surface area contributed by atoms with Crippen molar-refractivity contribution in [1.29, 1.82) is 0 Å². The van der Waals surface area contributed by atoms with Crippen molar-refractivity contribution in [2.24, 2.45) is 0 Å². The zero-order chi connectivity index (χ0) is 12.8. The summed E-state index contributed by atoms with van der Waals surface area (Å²) in [5.74, 6) is 0.714. The van der Waals surface area contributed by atoms with E-state index in [2.05, 4.69) is 17.4 Å². The van der Waals surface area contributed by atoms with Gasteiger partial charge in [0.2, 0.25) is 0 Å². The lowest BCUT2D eigenvalue weighted by atomic mass is 9.76. The molecule has 3 heteroatoms. The van der Waals surface area contributed by atoms with E-state index in [-0.39, 0.29) is 0 Å². The fraction of sp³-hybridized carbons (Fsp3) is 0.600. The second-order valence-electron chi connectivity index (χ2n) is 4.92. The standard InChI is InChI=1S/C15H22ClNO/c1-2-18-9-3-8-17-15-10-13(11-15)12-4-6-14(16)7-5-12/h4-7,13,15,17H,2-3,8-11H2,1H3. The van der Waals surface area contributed by atoms with Crippen LogP contribution in [-0.2, 0) is 4.74 Å². The minimum Gasteiger partial charge on any atom is -0.382 e.